The van der Waals surface area contributed by atoms with E-state index in [2.05, 4.69) is 10.5 Å². The van der Waals surface area contributed by atoms with Gasteiger partial charge in [-0.05, 0) is 29.0 Å². The number of amides is 1. The van der Waals surface area contributed by atoms with Crippen LogP contribution in [-0.2, 0) is 14.8 Å². The standard InChI is InChI=1S/C20H17ClN4O5S/c1-24(31(29,30)18-8-6-14-4-2-3-5-15(14)11-18)13-20(26)23-22-12-16-10-17(25(27)28)7-9-19(16)21/h2-12H,13H2,1H3,(H,23,26)/b22-12+. The van der Waals surface area contributed by atoms with Crippen LogP contribution in [0.3, 0.4) is 0 Å². The lowest BCUT2D eigenvalue weighted by Crippen LogP contribution is -2.36. The molecular formula is C20H17ClN4O5S. The molecule has 0 atom stereocenters. The highest BCUT2D eigenvalue weighted by Crippen LogP contribution is 2.22. The first-order valence-electron chi connectivity index (χ1n) is 8.89. The van der Waals surface area contributed by atoms with Gasteiger partial charge < -0.3 is 0 Å². The van der Waals surface area contributed by atoms with Crippen LogP contribution in [-0.4, -0.2) is 43.4 Å². The van der Waals surface area contributed by atoms with E-state index < -0.39 is 27.4 Å². The molecule has 3 aromatic carbocycles. The van der Waals surface area contributed by atoms with Crippen molar-refractivity contribution in [1.82, 2.24) is 9.73 Å². The van der Waals surface area contributed by atoms with Crippen molar-refractivity contribution >= 4 is 50.2 Å². The predicted molar refractivity (Wildman–Crippen MR) is 118 cm³/mol. The number of nitrogens with one attached hydrogen (secondary N) is 1. The summed E-state index contributed by atoms with van der Waals surface area (Å²) in [6.45, 7) is -0.477. The highest BCUT2D eigenvalue weighted by molar-refractivity contribution is 7.89. The molecule has 0 unspecified atom stereocenters. The Morgan fingerprint density at radius 3 is 2.58 bits per heavy atom. The van der Waals surface area contributed by atoms with Gasteiger partial charge in [-0.2, -0.15) is 9.41 Å². The largest absolute Gasteiger partial charge is 0.272 e. The van der Waals surface area contributed by atoms with E-state index in [-0.39, 0.29) is 21.2 Å². The smallest absolute Gasteiger partial charge is 0.270 e. The van der Waals surface area contributed by atoms with Gasteiger partial charge >= 0.3 is 0 Å². The number of non-ortho nitro benzene ring substituents is 1. The van der Waals surface area contributed by atoms with E-state index in [1.807, 2.05) is 18.2 Å². The van der Waals surface area contributed by atoms with Crippen LogP contribution >= 0.6 is 11.6 Å². The topological polar surface area (TPSA) is 122 Å². The van der Waals surface area contributed by atoms with Crippen LogP contribution in [0.25, 0.3) is 10.8 Å². The summed E-state index contributed by atoms with van der Waals surface area (Å²) in [5, 5.41) is 16.4. The molecule has 0 aliphatic rings. The second-order valence-electron chi connectivity index (χ2n) is 6.53. The Morgan fingerprint density at radius 1 is 1.16 bits per heavy atom. The van der Waals surface area contributed by atoms with Crippen molar-refractivity contribution in [2.75, 3.05) is 13.6 Å². The maximum atomic E-state index is 12.8. The van der Waals surface area contributed by atoms with Crippen LogP contribution < -0.4 is 5.43 Å². The number of rotatable bonds is 7. The minimum Gasteiger partial charge on any atom is -0.272 e. The predicted octanol–water partition coefficient (Wildman–Crippen LogP) is 3.17. The van der Waals surface area contributed by atoms with Crippen molar-refractivity contribution in [2.45, 2.75) is 4.90 Å². The first kappa shape index (κ1) is 22.3. The number of likely N-dealkylation sites (N-methyl/N-ethyl adjacent to an activating group) is 1. The molecule has 0 fully saturated rings. The molecule has 0 aromatic heterocycles. The Balaban J connectivity index is 1.67. The van der Waals surface area contributed by atoms with Crippen LogP contribution in [0, 0.1) is 10.1 Å². The number of carbonyl (C=O) groups excluding carboxylic acids is 1. The molecule has 0 aliphatic carbocycles. The first-order chi connectivity index (χ1) is 14.7. The van der Waals surface area contributed by atoms with Gasteiger partial charge in [0, 0.05) is 29.8 Å². The molecule has 1 amide bonds. The summed E-state index contributed by atoms with van der Waals surface area (Å²) in [5.74, 6) is -0.690. The van der Waals surface area contributed by atoms with Gasteiger partial charge in [0.05, 0.1) is 22.6 Å². The van der Waals surface area contributed by atoms with Crippen LogP contribution in [0.4, 0.5) is 5.69 Å². The molecule has 160 valence electrons. The van der Waals surface area contributed by atoms with Gasteiger partial charge in [0.2, 0.25) is 10.0 Å². The third-order valence-electron chi connectivity index (χ3n) is 4.38. The number of nitrogens with zero attached hydrogens (tertiary/aromatic N) is 3. The van der Waals surface area contributed by atoms with Crippen molar-refractivity contribution in [3.63, 3.8) is 0 Å². The average Bonchev–Trinajstić information content (AvgIpc) is 2.74. The maximum Gasteiger partial charge on any atom is 0.270 e. The zero-order chi connectivity index (χ0) is 22.6. The molecule has 0 radical (unpaired) electrons. The molecule has 0 aliphatic heterocycles. The van der Waals surface area contributed by atoms with E-state index in [1.54, 1.807) is 18.2 Å². The molecule has 0 saturated carbocycles. The molecule has 0 spiro atoms. The number of hydrogen-bond acceptors (Lipinski definition) is 6. The van der Waals surface area contributed by atoms with E-state index in [0.29, 0.717) is 0 Å². The van der Waals surface area contributed by atoms with Gasteiger partial charge in [-0.1, -0.05) is 41.9 Å². The molecule has 0 saturated heterocycles. The molecule has 0 heterocycles. The monoisotopic (exact) mass is 460 g/mol. The van der Waals surface area contributed by atoms with Crippen LogP contribution in [0.15, 0.2) is 70.7 Å². The number of nitro groups is 1. The Hall–Kier alpha value is -3.34. The highest BCUT2D eigenvalue weighted by atomic mass is 35.5. The molecule has 31 heavy (non-hydrogen) atoms. The molecule has 3 aromatic rings. The van der Waals surface area contributed by atoms with Crippen molar-refractivity contribution in [2.24, 2.45) is 5.10 Å². The summed E-state index contributed by atoms with van der Waals surface area (Å²) in [6, 6.07) is 15.8. The fourth-order valence-electron chi connectivity index (χ4n) is 2.75. The van der Waals surface area contributed by atoms with Crippen molar-refractivity contribution in [3.05, 3.63) is 81.4 Å². The van der Waals surface area contributed by atoms with Gasteiger partial charge in [0.1, 0.15) is 0 Å². The van der Waals surface area contributed by atoms with Crippen LogP contribution in [0.1, 0.15) is 5.56 Å². The van der Waals surface area contributed by atoms with E-state index in [9.17, 15) is 23.3 Å². The van der Waals surface area contributed by atoms with Gasteiger partial charge in [0.25, 0.3) is 11.6 Å². The van der Waals surface area contributed by atoms with Crippen molar-refractivity contribution in [1.29, 1.82) is 0 Å². The number of nitro benzene ring substituents is 1. The quantitative estimate of drug-likeness (QED) is 0.329. The highest BCUT2D eigenvalue weighted by Gasteiger charge is 2.23. The lowest BCUT2D eigenvalue weighted by atomic mass is 10.1. The zero-order valence-electron chi connectivity index (χ0n) is 16.2. The second kappa shape index (κ2) is 9.21. The number of hydrazone groups is 1. The summed E-state index contributed by atoms with van der Waals surface area (Å²) >= 11 is 5.96. The zero-order valence-corrected chi connectivity index (χ0v) is 17.8. The molecule has 11 heteroatoms. The van der Waals surface area contributed by atoms with E-state index >= 15 is 0 Å². The van der Waals surface area contributed by atoms with Crippen molar-refractivity contribution < 1.29 is 18.1 Å². The first-order valence-corrected chi connectivity index (χ1v) is 10.7. The number of sulfonamides is 1. The van der Waals surface area contributed by atoms with Crippen LogP contribution in [0.5, 0.6) is 0 Å². The van der Waals surface area contributed by atoms with E-state index in [1.165, 1.54) is 31.3 Å². The summed E-state index contributed by atoms with van der Waals surface area (Å²) in [6.07, 6.45) is 1.14. The average molecular weight is 461 g/mol. The van der Waals surface area contributed by atoms with E-state index in [0.717, 1.165) is 21.3 Å². The Morgan fingerprint density at radius 2 is 1.87 bits per heavy atom. The summed E-state index contributed by atoms with van der Waals surface area (Å²) in [5.41, 5.74) is 2.23. The third kappa shape index (κ3) is 5.23. The van der Waals surface area contributed by atoms with Crippen molar-refractivity contribution in [3.8, 4) is 0 Å². The fourth-order valence-corrected chi connectivity index (χ4v) is 4.08. The molecule has 9 nitrogen and oxygen atoms in total. The summed E-state index contributed by atoms with van der Waals surface area (Å²) in [4.78, 5) is 22.4. The third-order valence-corrected chi connectivity index (χ3v) is 6.52. The number of fused-ring (bicyclic) bond motifs is 1. The lowest BCUT2D eigenvalue weighted by Gasteiger charge is -2.16. The number of carbonyl (C=O) groups is 1. The number of halogens is 1. The molecule has 3 rings (SSSR count). The molecule has 1 N–H and O–H groups in total. The lowest BCUT2D eigenvalue weighted by molar-refractivity contribution is -0.384. The number of benzene rings is 3. The SMILES string of the molecule is CN(CC(=O)N/N=C/c1cc([N+](=O)[O-])ccc1Cl)S(=O)(=O)c1ccc2ccccc2c1. The normalized spacial score (nSPS) is 11.8. The maximum absolute atomic E-state index is 12.8. The minimum atomic E-state index is -3.90. The Bertz CT molecular complexity index is 1290. The van der Waals surface area contributed by atoms with Gasteiger partial charge in [-0.3, -0.25) is 14.9 Å². The van der Waals surface area contributed by atoms with Gasteiger partial charge in [-0.25, -0.2) is 13.8 Å². The second-order valence-corrected chi connectivity index (χ2v) is 8.98. The van der Waals surface area contributed by atoms with Gasteiger partial charge in [0.15, 0.2) is 0 Å². The summed E-state index contributed by atoms with van der Waals surface area (Å²) < 4.78 is 26.5. The minimum absolute atomic E-state index is 0.0633. The Labute approximate surface area is 183 Å². The Kier molecular flexibility index (Phi) is 6.64. The fraction of sp³-hybridized carbons (Fsp3) is 0.100. The molecule has 0 bridgehead atoms. The van der Waals surface area contributed by atoms with Gasteiger partial charge in [-0.15, -0.1) is 0 Å². The van der Waals surface area contributed by atoms with E-state index in [4.69, 9.17) is 11.6 Å². The summed E-state index contributed by atoms with van der Waals surface area (Å²) in [7, 11) is -2.62. The molecular weight excluding hydrogens is 444 g/mol. The number of hydrogen-bond donors (Lipinski definition) is 1. The van der Waals surface area contributed by atoms with Crippen LogP contribution in [0.2, 0.25) is 5.02 Å².